The summed E-state index contributed by atoms with van der Waals surface area (Å²) in [6, 6.07) is 16.4. The zero-order valence-electron chi connectivity index (χ0n) is 22.1. The second-order valence-electron chi connectivity index (χ2n) is 9.26. The Morgan fingerprint density at radius 1 is 1.00 bits per heavy atom. The zero-order chi connectivity index (χ0) is 27.3. The first kappa shape index (κ1) is 27.3. The highest BCUT2D eigenvalue weighted by molar-refractivity contribution is 7.92. The second-order valence-corrected chi connectivity index (χ2v) is 11.8. The summed E-state index contributed by atoms with van der Waals surface area (Å²) in [5, 5.41) is 3.71. The molecule has 0 saturated carbocycles. The van der Waals surface area contributed by atoms with E-state index in [2.05, 4.69) is 26.9 Å². The van der Waals surface area contributed by atoms with Crippen LogP contribution in [0, 0.1) is 0 Å². The number of likely N-dealkylation sites (N-methyl/N-ethyl adjacent to an activating group) is 1. The highest BCUT2D eigenvalue weighted by Gasteiger charge is 2.20. The van der Waals surface area contributed by atoms with Crippen LogP contribution in [0.15, 0.2) is 70.2 Å². The van der Waals surface area contributed by atoms with Crippen molar-refractivity contribution in [3.8, 4) is 34.0 Å². The molecule has 9 nitrogen and oxygen atoms in total. The van der Waals surface area contributed by atoms with Gasteiger partial charge in [0, 0.05) is 43.1 Å². The molecule has 2 N–H and O–H groups in total. The highest BCUT2D eigenvalue weighted by atomic mass is 32.2. The number of sulfone groups is 1. The molecule has 38 heavy (non-hydrogen) atoms. The minimum atomic E-state index is -3.36. The quantitative estimate of drug-likeness (QED) is 0.261. The SMILES string of the molecule is CCCOCCN(C)c1ccc(-c2cc(-c3nc(-c4ccc(S(=O)(=O)C(C)C)cc4)cnc3N)on2)cc1. The minimum absolute atomic E-state index is 0.206. The molecule has 10 heteroatoms. The summed E-state index contributed by atoms with van der Waals surface area (Å²) in [4.78, 5) is 11.3. The van der Waals surface area contributed by atoms with E-state index < -0.39 is 15.1 Å². The molecule has 0 unspecified atom stereocenters. The van der Waals surface area contributed by atoms with Gasteiger partial charge in [-0.15, -0.1) is 0 Å². The third-order valence-corrected chi connectivity index (χ3v) is 8.34. The van der Waals surface area contributed by atoms with E-state index in [4.69, 9.17) is 15.0 Å². The van der Waals surface area contributed by atoms with E-state index in [1.54, 1.807) is 50.4 Å². The Morgan fingerprint density at radius 2 is 1.66 bits per heavy atom. The first-order chi connectivity index (χ1) is 18.2. The second kappa shape index (κ2) is 11.7. The lowest BCUT2D eigenvalue weighted by Crippen LogP contribution is -2.22. The van der Waals surface area contributed by atoms with E-state index in [1.807, 2.05) is 31.3 Å². The van der Waals surface area contributed by atoms with Gasteiger partial charge in [-0.25, -0.2) is 18.4 Å². The fourth-order valence-electron chi connectivity index (χ4n) is 3.79. The maximum Gasteiger partial charge on any atom is 0.189 e. The fourth-order valence-corrected chi connectivity index (χ4v) is 4.85. The number of nitrogens with zero attached hydrogens (tertiary/aromatic N) is 4. The lowest BCUT2D eigenvalue weighted by molar-refractivity contribution is 0.141. The van der Waals surface area contributed by atoms with Gasteiger partial charge in [0.1, 0.15) is 5.69 Å². The molecule has 2 aromatic heterocycles. The summed E-state index contributed by atoms with van der Waals surface area (Å²) in [5.74, 6) is 0.595. The van der Waals surface area contributed by atoms with Gasteiger partial charge >= 0.3 is 0 Å². The smallest absolute Gasteiger partial charge is 0.189 e. The molecule has 4 rings (SSSR count). The summed E-state index contributed by atoms with van der Waals surface area (Å²) in [6.45, 7) is 7.67. The molecule has 0 saturated heterocycles. The van der Waals surface area contributed by atoms with Gasteiger partial charge in [-0.3, -0.25) is 0 Å². The number of nitrogen functional groups attached to an aromatic ring is 1. The molecular weight excluding hydrogens is 502 g/mol. The highest BCUT2D eigenvalue weighted by Crippen LogP contribution is 2.30. The van der Waals surface area contributed by atoms with Crippen LogP contribution in [0.3, 0.4) is 0 Å². The topological polar surface area (TPSA) is 124 Å². The number of nitrogens with two attached hydrogens (primary N) is 1. The Kier molecular flexibility index (Phi) is 8.43. The Bertz CT molecular complexity index is 1470. The van der Waals surface area contributed by atoms with E-state index in [9.17, 15) is 8.42 Å². The number of aromatic nitrogens is 3. The predicted molar refractivity (Wildman–Crippen MR) is 150 cm³/mol. The van der Waals surface area contributed by atoms with Crippen molar-refractivity contribution in [3.05, 3.63) is 60.8 Å². The predicted octanol–water partition coefficient (Wildman–Crippen LogP) is 5.09. The number of anilines is 2. The summed E-state index contributed by atoms with van der Waals surface area (Å²) < 4.78 is 36.0. The van der Waals surface area contributed by atoms with Gasteiger partial charge in [-0.1, -0.05) is 36.3 Å². The van der Waals surface area contributed by atoms with Gasteiger partial charge < -0.3 is 19.9 Å². The Morgan fingerprint density at radius 3 is 2.32 bits per heavy atom. The lowest BCUT2D eigenvalue weighted by Gasteiger charge is -2.19. The molecule has 0 aliphatic rings. The number of rotatable bonds is 11. The van der Waals surface area contributed by atoms with Crippen molar-refractivity contribution >= 4 is 21.3 Å². The summed E-state index contributed by atoms with van der Waals surface area (Å²) in [7, 11) is -1.33. The fraction of sp³-hybridized carbons (Fsp3) is 0.321. The number of benzene rings is 2. The van der Waals surface area contributed by atoms with Crippen molar-refractivity contribution in [2.45, 2.75) is 37.3 Å². The van der Waals surface area contributed by atoms with Crippen LogP contribution in [0.5, 0.6) is 0 Å². The van der Waals surface area contributed by atoms with E-state index in [-0.39, 0.29) is 10.7 Å². The molecule has 0 fully saturated rings. The van der Waals surface area contributed by atoms with Crippen molar-refractivity contribution in [2.75, 3.05) is 37.4 Å². The summed E-state index contributed by atoms with van der Waals surface area (Å²) >= 11 is 0. The average Bonchev–Trinajstić information content (AvgIpc) is 3.41. The summed E-state index contributed by atoms with van der Waals surface area (Å²) in [6.07, 6.45) is 2.56. The van der Waals surface area contributed by atoms with Crippen LogP contribution >= 0.6 is 0 Å². The van der Waals surface area contributed by atoms with Crippen LogP contribution in [-0.4, -0.2) is 55.6 Å². The van der Waals surface area contributed by atoms with Crippen LogP contribution in [0.1, 0.15) is 27.2 Å². The molecule has 0 amide bonds. The normalized spacial score (nSPS) is 11.7. The third kappa shape index (κ3) is 6.03. The van der Waals surface area contributed by atoms with Crippen LogP contribution in [0.4, 0.5) is 11.5 Å². The third-order valence-electron chi connectivity index (χ3n) is 6.17. The standard InChI is InChI=1S/C28H33N5O4S/c1-5-15-36-16-14-33(4)22-10-6-20(7-11-22)24-17-26(37-32-24)27-28(29)30-18-25(31-27)21-8-12-23(13-9-21)38(34,35)19(2)3/h6-13,17-19H,5,14-16H2,1-4H3,(H2,29,30). The summed E-state index contributed by atoms with van der Waals surface area (Å²) in [5.41, 5.74) is 10.3. The molecule has 2 aromatic carbocycles. The van der Waals surface area contributed by atoms with Crippen LogP contribution in [0.2, 0.25) is 0 Å². The van der Waals surface area contributed by atoms with Gasteiger partial charge in [-0.2, -0.15) is 0 Å². The van der Waals surface area contributed by atoms with Gasteiger partial charge in [0.15, 0.2) is 27.1 Å². The maximum absolute atomic E-state index is 12.4. The van der Waals surface area contributed by atoms with Crippen molar-refractivity contribution in [1.82, 2.24) is 15.1 Å². The van der Waals surface area contributed by atoms with E-state index in [0.717, 1.165) is 30.8 Å². The van der Waals surface area contributed by atoms with Gasteiger partial charge in [0.2, 0.25) is 0 Å². The molecule has 0 radical (unpaired) electrons. The van der Waals surface area contributed by atoms with Gasteiger partial charge in [0.05, 0.1) is 28.6 Å². The van der Waals surface area contributed by atoms with Crippen molar-refractivity contribution in [3.63, 3.8) is 0 Å². The minimum Gasteiger partial charge on any atom is -0.382 e. The Hall–Kier alpha value is -3.76. The molecule has 0 aliphatic heterocycles. The van der Waals surface area contributed by atoms with Crippen molar-refractivity contribution in [2.24, 2.45) is 0 Å². The molecular formula is C28H33N5O4S. The van der Waals surface area contributed by atoms with E-state index >= 15 is 0 Å². The van der Waals surface area contributed by atoms with Crippen molar-refractivity contribution in [1.29, 1.82) is 0 Å². The monoisotopic (exact) mass is 535 g/mol. The molecule has 0 aliphatic carbocycles. The molecule has 0 bridgehead atoms. The van der Waals surface area contributed by atoms with E-state index in [1.165, 1.54) is 0 Å². The van der Waals surface area contributed by atoms with Crippen LogP contribution in [0.25, 0.3) is 34.0 Å². The van der Waals surface area contributed by atoms with Gasteiger partial charge in [-0.05, 0) is 44.5 Å². The Labute approximate surface area is 223 Å². The molecule has 0 atom stereocenters. The Balaban J connectivity index is 1.52. The molecule has 0 spiro atoms. The molecule has 2 heterocycles. The maximum atomic E-state index is 12.4. The number of hydrogen-bond donors (Lipinski definition) is 1. The first-order valence-corrected chi connectivity index (χ1v) is 14.1. The number of hydrogen-bond acceptors (Lipinski definition) is 9. The van der Waals surface area contributed by atoms with Crippen molar-refractivity contribution < 1.29 is 17.7 Å². The average molecular weight is 536 g/mol. The number of ether oxygens (including phenoxy) is 1. The molecule has 4 aromatic rings. The molecule has 200 valence electrons. The zero-order valence-corrected chi connectivity index (χ0v) is 22.9. The van der Waals surface area contributed by atoms with Gasteiger partial charge in [0.25, 0.3) is 0 Å². The van der Waals surface area contributed by atoms with E-state index in [0.29, 0.717) is 35.0 Å². The largest absolute Gasteiger partial charge is 0.382 e. The van der Waals surface area contributed by atoms with Crippen LogP contribution in [-0.2, 0) is 14.6 Å². The lowest BCUT2D eigenvalue weighted by atomic mass is 10.1. The van der Waals surface area contributed by atoms with Crippen LogP contribution < -0.4 is 10.6 Å². The first-order valence-electron chi connectivity index (χ1n) is 12.5.